The zero-order valence-electron chi connectivity index (χ0n) is 20.5. The fourth-order valence-corrected chi connectivity index (χ4v) is 6.34. The summed E-state index contributed by atoms with van der Waals surface area (Å²) in [6.45, 7) is 2.79. The van der Waals surface area contributed by atoms with Crippen molar-refractivity contribution in [2.45, 2.75) is 57.0 Å². The van der Waals surface area contributed by atoms with Gasteiger partial charge in [-0.15, -0.1) is 11.3 Å². The SMILES string of the molecule is Cc1ncsc1-c1ccc(CNC(=O)[C@@H]2C[C@@H](O)CN2C(=O)C2(N3Cc4ccccc4C3=O)CC2)cc1. The summed E-state index contributed by atoms with van der Waals surface area (Å²) in [5.41, 5.74) is 5.46. The molecule has 3 heterocycles. The highest BCUT2D eigenvalue weighted by atomic mass is 32.1. The Hall–Kier alpha value is -3.56. The summed E-state index contributed by atoms with van der Waals surface area (Å²) >= 11 is 1.59. The van der Waals surface area contributed by atoms with Gasteiger partial charge < -0.3 is 20.2 Å². The Morgan fingerprint density at radius 3 is 2.59 bits per heavy atom. The zero-order valence-corrected chi connectivity index (χ0v) is 21.3. The number of aliphatic hydroxyl groups is 1. The van der Waals surface area contributed by atoms with E-state index in [-0.39, 0.29) is 30.7 Å². The van der Waals surface area contributed by atoms with Crippen LogP contribution in [0.4, 0.5) is 0 Å². The molecule has 3 amide bonds. The lowest BCUT2D eigenvalue weighted by Gasteiger charge is -2.33. The first-order valence-electron chi connectivity index (χ1n) is 12.5. The van der Waals surface area contributed by atoms with Crippen LogP contribution in [-0.4, -0.2) is 61.8 Å². The number of aromatic nitrogens is 1. The molecule has 2 N–H and O–H groups in total. The molecule has 1 aromatic heterocycles. The number of rotatable bonds is 6. The lowest BCUT2D eigenvalue weighted by molar-refractivity contribution is -0.143. The van der Waals surface area contributed by atoms with Gasteiger partial charge in [-0.05, 0) is 42.5 Å². The van der Waals surface area contributed by atoms with E-state index in [1.54, 1.807) is 22.3 Å². The molecule has 2 atom stereocenters. The van der Waals surface area contributed by atoms with Gasteiger partial charge in [0.25, 0.3) is 5.91 Å². The lowest BCUT2D eigenvalue weighted by atomic mass is 10.1. The normalized spacial score (nSPS) is 21.7. The molecule has 0 bridgehead atoms. The van der Waals surface area contributed by atoms with Gasteiger partial charge in [-0.1, -0.05) is 42.5 Å². The number of hydrogen-bond acceptors (Lipinski definition) is 6. The number of β-amino-alcohol motifs (C(OH)–C–C–N with tert-alkyl or cyclic N) is 1. The van der Waals surface area contributed by atoms with E-state index in [2.05, 4.69) is 10.3 Å². The van der Waals surface area contributed by atoms with Gasteiger partial charge in [0.15, 0.2) is 0 Å². The molecule has 2 aliphatic heterocycles. The van der Waals surface area contributed by atoms with E-state index in [1.807, 2.05) is 54.9 Å². The van der Waals surface area contributed by atoms with Crippen molar-refractivity contribution in [1.29, 1.82) is 0 Å². The summed E-state index contributed by atoms with van der Waals surface area (Å²) in [7, 11) is 0. The van der Waals surface area contributed by atoms with Crippen molar-refractivity contribution in [3.8, 4) is 10.4 Å². The lowest BCUT2D eigenvalue weighted by Crippen LogP contribution is -2.55. The van der Waals surface area contributed by atoms with E-state index in [0.717, 1.165) is 27.3 Å². The minimum Gasteiger partial charge on any atom is -0.391 e. The number of nitrogens with one attached hydrogen (secondary N) is 1. The van der Waals surface area contributed by atoms with E-state index in [4.69, 9.17) is 0 Å². The van der Waals surface area contributed by atoms with Crippen molar-refractivity contribution >= 4 is 29.1 Å². The quantitative estimate of drug-likeness (QED) is 0.525. The third-order valence-electron chi connectivity index (χ3n) is 7.73. The summed E-state index contributed by atoms with van der Waals surface area (Å²) in [5.74, 6) is -0.673. The first kappa shape index (κ1) is 23.8. The molecule has 0 radical (unpaired) electrons. The topological polar surface area (TPSA) is 103 Å². The maximum Gasteiger partial charge on any atom is 0.255 e. The van der Waals surface area contributed by atoms with Gasteiger partial charge in [0.1, 0.15) is 11.6 Å². The number of aliphatic hydroxyl groups excluding tert-OH is 1. The molecule has 2 fully saturated rings. The largest absolute Gasteiger partial charge is 0.391 e. The molecule has 190 valence electrons. The van der Waals surface area contributed by atoms with Crippen molar-refractivity contribution < 1.29 is 19.5 Å². The van der Waals surface area contributed by atoms with Gasteiger partial charge in [0, 0.05) is 31.6 Å². The van der Waals surface area contributed by atoms with Gasteiger partial charge in [-0.3, -0.25) is 14.4 Å². The molecule has 1 saturated carbocycles. The zero-order chi connectivity index (χ0) is 25.7. The summed E-state index contributed by atoms with van der Waals surface area (Å²) < 4.78 is 0. The van der Waals surface area contributed by atoms with Crippen LogP contribution < -0.4 is 5.32 Å². The molecule has 3 aliphatic rings. The molecule has 2 aromatic carbocycles. The smallest absolute Gasteiger partial charge is 0.255 e. The number of benzene rings is 2. The fraction of sp³-hybridized carbons (Fsp3) is 0.357. The van der Waals surface area contributed by atoms with Crippen LogP contribution in [0.3, 0.4) is 0 Å². The second-order valence-electron chi connectivity index (χ2n) is 10.1. The number of aryl methyl sites for hydroxylation is 1. The molecule has 0 spiro atoms. The Kier molecular flexibility index (Phi) is 5.84. The average Bonchev–Trinajstić information content (AvgIpc) is 3.25. The van der Waals surface area contributed by atoms with E-state index >= 15 is 0 Å². The van der Waals surface area contributed by atoms with Gasteiger partial charge in [-0.2, -0.15) is 0 Å². The first-order chi connectivity index (χ1) is 17.9. The van der Waals surface area contributed by atoms with Crippen molar-refractivity contribution in [2.75, 3.05) is 6.54 Å². The van der Waals surface area contributed by atoms with Gasteiger partial charge in [0.2, 0.25) is 11.8 Å². The van der Waals surface area contributed by atoms with Crippen LogP contribution in [0, 0.1) is 6.92 Å². The van der Waals surface area contributed by atoms with Gasteiger partial charge in [-0.25, -0.2) is 4.98 Å². The summed E-state index contributed by atoms with van der Waals surface area (Å²) in [5, 5.41) is 13.3. The van der Waals surface area contributed by atoms with Gasteiger partial charge >= 0.3 is 0 Å². The van der Waals surface area contributed by atoms with Crippen molar-refractivity contribution in [3.05, 3.63) is 76.4 Å². The minimum atomic E-state index is -0.927. The summed E-state index contributed by atoms with van der Waals surface area (Å²) in [6.07, 6.45) is 0.547. The second kappa shape index (κ2) is 9.08. The Morgan fingerprint density at radius 2 is 1.92 bits per heavy atom. The maximum atomic E-state index is 13.8. The molecule has 8 nitrogen and oxygen atoms in total. The highest BCUT2D eigenvalue weighted by molar-refractivity contribution is 7.13. The molecule has 3 aromatic rings. The van der Waals surface area contributed by atoms with E-state index in [1.165, 1.54) is 4.90 Å². The number of fused-ring (bicyclic) bond motifs is 1. The Balaban J connectivity index is 1.13. The van der Waals surface area contributed by atoms with Crippen LogP contribution in [0.2, 0.25) is 0 Å². The van der Waals surface area contributed by atoms with E-state index < -0.39 is 17.7 Å². The Labute approximate surface area is 218 Å². The number of amides is 3. The second-order valence-corrected chi connectivity index (χ2v) is 11.0. The Morgan fingerprint density at radius 1 is 1.16 bits per heavy atom. The molecule has 9 heteroatoms. The van der Waals surface area contributed by atoms with Gasteiger partial charge in [0.05, 0.1) is 22.2 Å². The first-order valence-corrected chi connectivity index (χ1v) is 13.4. The number of carbonyl (C=O) groups excluding carboxylic acids is 3. The molecule has 37 heavy (non-hydrogen) atoms. The molecule has 1 aliphatic carbocycles. The molecule has 6 rings (SSSR count). The van der Waals surface area contributed by atoms with Crippen LogP contribution in [0.5, 0.6) is 0 Å². The Bertz CT molecular complexity index is 1380. The third-order valence-corrected chi connectivity index (χ3v) is 8.71. The molecular formula is C28H28N4O4S. The maximum absolute atomic E-state index is 13.8. The van der Waals surface area contributed by atoms with Crippen LogP contribution in [0.1, 0.15) is 46.4 Å². The number of thiazole rings is 1. The van der Waals surface area contributed by atoms with Crippen LogP contribution in [0.15, 0.2) is 54.0 Å². The van der Waals surface area contributed by atoms with Crippen LogP contribution in [0.25, 0.3) is 10.4 Å². The van der Waals surface area contributed by atoms with Crippen molar-refractivity contribution in [3.63, 3.8) is 0 Å². The monoisotopic (exact) mass is 516 g/mol. The number of hydrogen-bond donors (Lipinski definition) is 2. The number of likely N-dealkylation sites (tertiary alicyclic amines) is 1. The summed E-state index contributed by atoms with van der Waals surface area (Å²) in [6, 6.07) is 14.6. The average molecular weight is 517 g/mol. The van der Waals surface area contributed by atoms with Crippen molar-refractivity contribution in [2.24, 2.45) is 0 Å². The predicted octanol–water partition coefficient (Wildman–Crippen LogP) is 2.89. The minimum absolute atomic E-state index is 0.0938. The highest BCUT2D eigenvalue weighted by Gasteiger charge is 2.61. The van der Waals surface area contributed by atoms with Crippen LogP contribution in [-0.2, 0) is 22.7 Å². The third kappa shape index (κ3) is 4.12. The van der Waals surface area contributed by atoms with Crippen molar-refractivity contribution in [1.82, 2.24) is 20.1 Å². The highest BCUT2D eigenvalue weighted by Crippen LogP contribution is 2.48. The standard InChI is InChI=1S/C28H28N4O4S/c1-17-24(37-16-30-17)19-8-6-18(7-9-19)13-29-25(34)23-12-21(33)15-31(23)27(36)28(10-11-28)32-14-20-4-2-3-5-22(20)26(32)35/h2-9,16,21,23,33H,10-15H2,1H3,(H,29,34)/t21-,23+/m1/s1. The molecule has 0 unspecified atom stereocenters. The molecular weight excluding hydrogens is 488 g/mol. The predicted molar refractivity (Wildman–Crippen MR) is 139 cm³/mol. The summed E-state index contributed by atoms with van der Waals surface area (Å²) in [4.78, 5) is 48.6. The van der Waals surface area contributed by atoms with E-state index in [9.17, 15) is 19.5 Å². The fourth-order valence-electron chi connectivity index (χ4n) is 5.53. The van der Waals surface area contributed by atoms with E-state index in [0.29, 0.717) is 31.5 Å². The number of nitrogens with zero attached hydrogens (tertiary/aromatic N) is 3. The molecule has 1 saturated heterocycles. The van der Waals surface area contributed by atoms with Crippen LogP contribution >= 0.6 is 11.3 Å². The number of carbonyl (C=O) groups is 3.